The van der Waals surface area contributed by atoms with Crippen molar-refractivity contribution in [3.8, 4) is 0 Å². The van der Waals surface area contributed by atoms with Gasteiger partial charge in [-0.3, -0.25) is 25.5 Å². The van der Waals surface area contributed by atoms with Gasteiger partial charge < -0.3 is 21.1 Å². The van der Waals surface area contributed by atoms with Gasteiger partial charge in [0.1, 0.15) is 5.84 Å². The number of aryl methyl sites for hydroxylation is 1. The Bertz CT molecular complexity index is 1170. The molecule has 34 heavy (non-hydrogen) atoms. The monoisotopic (exact) mass is 464 g/mol. The van der Waals surface area contributed by atoms with E-state index in [9.17, 15) is 24.3 Å². The molecule has 0 bridgehead atoms. The van der Waals surface area contributed by atoms with Crippen molar-refractivity contribution in [1.29, 1.82) is 5.41 Å². The number of nitrogens with one attached hydrogen (secondary N) is 3. The Balaban J connectivity index is 1.97. The van der Waals surface area contributed by atoms with Crippen molar-refractivity contribution in [3.05, 3.63) is 70.3 Å². The molecule has 1 aliphatic rings. The number of nitrogen functional groups attached to an aromatic ring is 1. The first-order valence-electron chi connectivity index (χ1n) is 10.7. The summed E-state index contributed by atoms with van der Waals surface area (Å²) in [5.74, 6) is -3.97. The Hall–Kier alpha value is -4.21. The van der Waals surface area contributed by atoms with Crippen LogP contribution in [0.25, 0.3) is 0 Å². The molecule has 1 radical (unpaired) electrons. The zero-order chi connectivity index (χ0) is 25.0. The van der Waals surface area contributed by atoms with Crippen LogP contribution in [0.1, 0.15) is 56.7 Å². The van der Waals surface area contributed by atoms with Gasteiger partial charge in [-0.1, -0.05) is 18.2 Å². The fraction of sp³-hybridized carbons (Fsp3) is 0.292. The number of amides is 3. The number of rotatable bonds is 8. The van der Waals surface area contributed by atoms with E-state index in [1.807, 2.05) is 0 Å². The predicted molar refractivity (Wildman–Crippen MR) is 123 cm³/mol. The standard InChI is InChI=1S/C24H26N5O5/c1-14-11-16(7-8-18(14)22(32)29-9-2-3-10-29)21(31)28-24(23(33)34,13-19(25)30)17-6-4-5-15(12-17)20(26)27/h4-8,11-12,25H,2-3,9-10,13H2,1H3,(H3,26,27)(H,28,31)(H,33,34). The van der Waals surface area contributed by atoms with Gasteiger partial charge in [0.25, 0.3) is 11.8 Å². The summed E-state index contributed by atoms with van der Waals surface area (Å²) < 4.78 is 0. The van der Waals surface area contributed by atoms with Crippen LogP contribution in [0, 0.1) is 12.3 Å². The highest BCUT2D eigenvalue weighted by Gasteiger charge is 2.44. The average molecular weight is 465 g/mol. The lowest BCUT2D eigenvalue weighted by Gasteiger charge is -2.30. The van der Waals surface area contributed by atoms with Gasteiger partial charge in [-0.15, -0.1) is 0 Å². The molecule has 2 aromatic rings. The minimum atomic E-state index is -2.25. The predicted octanol–water partition coefficient (Wildman–Crippen LogP) is 1.42. The van der Waals surface area contributed by atoms with Gasteiger partial charge in [-0.05, 0) is 55.2 Å². The van der Waals surface area contributed by atoms with Gasteiger partial charge in [0.15, 0.2) is 5.54 Å². The van der Waals surface area contributed by atoms with Gasteiger partial charge in [-0.2, -0.15) is 0 Å². The van der Waals surface area contributed by atoms with Gasteiger partial charge in [0.05, 0.1) is 6.42 Å². The zero-order valence-corrected chi connectivity index (χ0v) is 18.7. The van der Waals surface area contributed by atoms with Crippen molar-refractivity contribution < 1.29 is 24.3 Å². The lowest BCUT2D eigenvalue weighted by molar-refractivity contribution is -0.147. The number of aliphatic carboxylic acids is 1. The maximum Gasteiger partial charge on any atom is 0.334 e. The third-order valence-corrected chi connectivity index (χ3v) is 5.90. The molecule has 0 aromatic heterocycles. The molecule has 1 unspecified atom stereocenters. The maximum atomic E-state index is 13.1. The van der Waals surface area contributed by atoms with Crippen LogP contribution in [-0.4, -0.2) is 52.6 Å². The van der Waals surface area contributed by atoms with E-state index in [0.29, 0.717) is 24.2 Å². The molecule has 1 heterocycles. The second-order valence-electron chi connectivity index (χ2n) is 8.29. The molecule has 3 rings (SSSR count). The molecule has 2 aromatic carbocycles. The Morgan fingerprint density at radius 2 is 1.76 bits per heavy atom. The molecular weight excluding hydrogens is 438 g/mol. The Labute approximate surface area is 196 Å². The van der Waals surface area contributed by atoms with Gasteiger partial charge in [0, 0.05) is 29.8 Å². The van der Waals surface area contributed by atoms with Gasteiger partial charge >= 0.3 is 5.97 Å². The molecular formula is C24H26N5O5. The summed E-state index contributed by atoms with van der Waals surface area (Å²) in [5.41, 5.74) is 12.0. The Morgan fingerprint density at radius 3 is 2.32 bits per heavy atom. The SMILES string of the molecule is Cc1cc(C(=O)NC(CC([NH])=O)(C(=O)O)c2cccc(C(=N)N)c2)ccc1C(=O)N1CCCC1. The molecule has 0 aliphatic carbocycles. The van der Waals surface area contributed by atoms with Gasteiger partial charge in [-0.25, -0.2) is 4.79 Å². The van der Waals surface area contributed by atoms with Crippen molar-refractivity contribution in [2.75, 3.05) is 13.1 Å². The lowest BCUT2D eigenvalue weighted by Crippen LogP contribution is -2.53. The second kappa shape index (κ2) is 9.74. The number of amidine groups is 1. The van der Waals surface area contributed by atoms with Crippen molar-refractivity contribution >= 4 is 29.5 Å². The highest BCUT2D eigenvalue weighted by Crippen LogP contribution is 2.28. The lowest BCUT2D eigenvalue weighted by atomic mass is 9.84. The van der Waals surface area contributed by atoms with E-state index in [-0.39, 0.29) is 28.4 Å². The second-order valence-corrected chi connectivity index (χ2v) is 8.29. The molecule has 3 amide bonds. The summed E-state index contributed by atoms with van der Waals surface area (Å²) in [6.07, 6.45) is 1.06. The average Bonchev–Trinajstić information content (AvgIpc) is 3.32. The number of carbonyl (C=O) groups excluding carboxylic acids is 3. The smallest absolute Gasteiger partial charge is 0.334 e. The number of benzene rings is 2. The van der Waals surface area contributed by atoms with Crippen LogP contribution in [0.5, 0.6) is 0 Å². The maximum absolute atomic E-state index is 13.1. The Morgan fingerprint density at radius 1 is 1.09 bits per heavy atom. The van der Waals surface area contributed by atoms with E-state index < -0.39 is 29.7 Å². The van der Waals surface area contributed by atoms with E-state index in [2.05, 4.69) is 5.32 Å². The van der Waals surface area contributed by atoms with Crippen LogP contribution in [0.15, 0.2) is 42.5 Å². The minimum Gasteiger partial charge on any atom is -0.479 e. The molecule has 10 heteroatoms. The molecule has 1 atom stereocenters. The quantitative estimate of drug-likeness (QED) is 0.339. The summed E-state index contributed by atoms with van der Waals surface area (Å²) in [6.45, 7) is 3.05. The topological polar surface area (TPSA) is 177 Å². The number of carboxylic acids is 1. The van der Waals surface area contributed by atoms with Crippen molar-refractivity contribution in [2.45, 2.75) is 31.7 Å². The zero-order valence-electron chi connectivity index (χ0n) is 18.7. The molecule has 6 N–H and O–H groups in total. The molecule has 1 saturated heterocycles. The Kier molecular flexibility index (Phi) is 7.00. The van der Waals surface area contributed by atoms with Crippen LogP contribution < -0.4 is 16.8 Å². The van der Waals surface area contributed by atoms with Crippen molar-refractivity contribution in [1.82, 2.24) is 16.0 Å². The molecule has 1 aliphatic heterocycles. The summed E-state index contributed by atoms with van der Waals surface area (Å²) >= 11 is 0. The first kappa shape index (κ1) is 24.4. The first-order valence-corrected chi connectivity index (χ1v) is 10.7. The van der Waals surface area contributed by atoms with E-state index in [1.54, 1.807) is 11.8 Å². The molecule has 0 spiro atoms. The number of hydrogen-bond donors (Lipinski definition) is 4. The fourth-order valence-corrected chi connectivity index (χ4v) is 4.07. The normalized spacial score (nSPS) is 14.8. The highest BCUT2D eigenvalue weighted by atomic mass is 16.4. The summed E-state index contributed by atoms with van der Waals surface area (Å²) in [5, 5.41) is 20.1. The summed E-state index contributed by atoms with van der Waals surface area (Å²) in [4.78, 5) is 51.7. The summed E-state index contributed by atoms with van der Waals surface area (Å²) in [7, 11) is 0. The third kappa shape index (κ3) is 4.90. The number of carboxylic acid groups (broad SMARTS) is 1. The van der Waals surface area contributed by atoms with Crippen molar-refractivity contribution in [2.24, 2.45) is 5.73 Å². The number of nitrogens with two attached hydrogens (primary N) is 1. The van der Waals surface area contributed by atoms with Crippen LogP contribution in [-0.2, 0) is 15.1 Å². The molecule has 177 valence electrons. The van der Waals surface area contributed by atoms with E-state index in [4.69, 9.17) is 16.9 Å². The van der Waals surface area contributed by atoms with Crippen molar-refractivity contribution in [3.63, 3.8) is 0 Å². The molecule has 1 fully saturated rings. The molecule has 10 nitrogen and oxygen atoms in total. The molecule has 0 saturated carbocycles. The fourth-order valence-electron chi connectivity index (χ4n) is 4.07. The first-order chi connectivity index (χ1) is 16.0. The largest absolute Gasteiger partial charge is 0.479 e. The number of nitrogens with zero attached hydrogens (tertiary/aromatic N) is 1. The number of likely N-dealkylation sites (tertiary alicyclic amines) is 1. The van der Waals surface area contributed by atoms with Crippen LogP contribution in [0.4, 0.5) is 0 Å². The van der Waals surface area contributed by atoms with Crippen LogP contribution in [0.2, 0.25) is 0 Å². The highest BCUT2D eigenvalue weighted by molar-refractivity contribution is 6.02. The number of carbonyl (C=O) groups is 4. The minimum absolute atomic E-state index is 0.000738. The number of hydrogen-bond acceptors (Lipinski definition) is 5. The van der Waals surface area contributed by atoms with E-state index in [0.717, 1.165) is 12.8 Å². The summed E-state index contributed by atoms with van der Waals surface area (Å²) in [6, 6.07) is 10.1. The third-order valence-electron chi connectivity index (χ3n) is 5.90. The van der Waals surface area contributed by atoms with E-state index in [1.165, 1.54) is 42.5 Å². The van der Waals surface area contributed by atoms with Gasteiger partial charge in [0.2, 0.25) is 5.91 Å². The van der Waals surface area contributed by atoms with Crippen LogP contribution >= 0.6 is 0 Å². The van der Waals surface area contributed by atoms with E-state index >= 15 is 0 Å². The van der Waals surface area contributed by atoms with Crippen LogP contribution in [0.3, 0.4) is 0 Å².